The van der Waals surface area contributed by atoms with Gasteiger partial charge in [-0.3, -0.25) is 14.9 Å². The summed E-state index contributed by atoms with van der Waals surface area (Å²) in [6.45, 7) is 3.67. The zero-order valence-corrected chi connectivity index (χ0v) is 17.2. The van der Waals surface area contributed by atoms with Gasteiger partial charge >= 0.3 is 5.97 Å². The van der Waals surface area contributed by atoms with Crippen LogP contribution in [0.2, 0.25) is 0 Å². The average molecular weight is 435 g/mol. The van der Waals surface area contributed by atoms with Gasteiger partial charge in [0, 0.05) is 24.7 Å². The molecular formula is C19H21N3O7S. The molecule has 0 aromatic heterocycles. The van der Waals surface area contributed by atoms with Crippen molar-refractivity contribution >= 4 is 27.6 Å². The van der Waals surface area contributed by atoms with Crippen LogP contribution in [0.25, 0.3) is 0 Å². The van der Waals surface area contributed by atoms with E-state index in [9.17, 15) is 28.1 Å². The van der Waals surface area contributed by atoms with Gasteiger partial charge in [0.15, 0.2) is 0 Å². The van der Waals surface area contributed by atoms with Crippen LogP contribution in [0, 0.1) is 10.1 Å². The minimum Gasteiger partial charge on any atom is -0.457 e. The molecule has 2 aromatic rings. The van der Waals surface area contributed by atoms with Gasteiger partial charge in [0.2, 0.25) is 15.9 Å². The third-order valence-electron chi connectivity index (χ3n) is 4.36. The number of hydrogen-bond acceptors (Lipinski definition) is 7. The van der Waals surface area contributed by atoms with Crippen LogP contribution in [0.4, 0.5) is 5.69 Å². The molecule has 0 bridgehead atoms. The van der Waals surface area contributed by atoms with E-state index in [2.05, 4.69) is 0 Å². The monoisotopic (exact) mass is 435 g/mol. The van der Waals surface area contributed by atoms with Gasteiger partial charge in [0.05, 0.1) is 20.9 Å². The van der Waals surface area contributed by atoms with Crippen molar-refractivity contribution in [3.8, 4) is 0 Å². The van der Waals surface area contributed by atoms with Crippen molar-refractivity contribution in [3.63, 3.8) is 0 Å². The van der Waals surface area contributed by atoms with Gasteiger partial charge in [-0.2, -0.15) is 4.31 Å². The summed E-state index contributed by atoms with van der Waals surface area (Å²) < 4.78 is 31.3. The van der Waals surface area contributed by atoms with Crippen LogP contribution in [-0.2, 0) is 21.4 Å². The Morgan fingerprint density at radius 3 is 2.13 bits per heavy atom. The fourth-order valence-corrected chi connectivity index (χ4v) is 4.17. The first-order valence-electron chi connectivity index (χ1n) is 8.96. The zero-order valence-electron chi connectivity index (χ0n) is 16.4. The Morgan fingerprint density at radius 2 is 1.63 bits per heavy atom. The maximum atomic E-state index is 12.5. The highest BCUT2D eigenvalue weighted by Gasteiger charge is 2.22. The molecule has 0 aliphatic heterocycles. The Hall–Kier alpha value is -3.31. The fourth-order valence-electron chi connectivity index (χ4n) is 2.71. The van der Waals surface area contributed by atoms with E-state index in [4.69, 9.17) is 10.5 Å². The van der Waals surface area contributed by atoms with Crippen molar-refractivity contribution in [3.05, 3.63) is 69.3 Å². The van der Waals surface area contributed by atoms with Crippen LogP contribution in [-0.4, -0.2) is 42.6 Å². The molecule has 1 amide bonds. The zero-order chi connectivity index (χ0) is 22.5. The minimum absolute atomic E-state index is 0.0400. The quantitative estimate of drug-likeness (QED) is 0.360. The number of carbonyl (C=O) groups is 2. The van der Waals surface area contributed by atoms with E-state index in [-0.39, 0.29) is 21.6 Å². The summed E-state index contributed by atoms with van der Waals surface area (Å²) in [5.41, 5.74) is 4.84. The number of sulfonamides is 1. The number of nitro benzene ring substituents is 1. The summed E-state index contributed by atoms with van der Waals surface area (Å²) in [6, 6.07) is 8.81. The van der Waals surface area contributed by atoms with E-state index in [1.165, 1.54) is 40.7 Å². The van der Waals surface area contributed by atoms with Gasteiger partial charge in [0.25, 0.3) is 5.69 Å². The Labute approximate surface area is 173 Å². The topological polar surface area (TPSA) is 150 Å². The summed E-state index contributed by atoms with van der Waals surface area (Å²) in [6.07, 6.45) is 0. The fraction of sp³-hybridized carbons (Fsp3) is 0.263. The average Bonchev–Trinajstić information content (AvgIpc) is 2.72. The molecule has 0 radical (unpaired) electrons. The SMILES string of the molecule is CCN(CC)S(=O)(=O)c1ccc(C(=O)OCc2ccc(C(N)=O)cc2[N+](=O)[O-])cc1. The number of nitrogens with two attached hydrogens (primary N) is 1. The summed E-state index contributed by atoms with van der Waals surface area (Å²) in [4.78, 5) is 34.0. The molecule has 0 saturated heterocycles. The molecule has 0 aliphatic carbocycles. The lowest BCUT2D eigenvalue weighted by Gasteiger charge is -2.18. The van der Waals surface area contributed by atoms with Crippen LogP contribution in [0.3, 0.4) is 0 Å². The van der Waals surface area contributed by atoms with Crippen molar-refractivity contribution in [2.75, 3.05) is 13.1 Å². The molecule has 160 valence electrons. The number of carbonyl (C=O) groups excluding carboxylic acids is 2. The highest BCUT2D eigenvalue weighted by molar-refractivity contribution is 7.89. The molecule has 11 heteroatoms. The van der Waals surface area contributed by atoms with Gasteiger partial charge in [-0.05, 0) is 36.4 Å². The van der Waals surface area contributed by atoms with Crippen molar-refractivity contribution < 1.29 is 27.7 Å². The number of nitrogens with zero attached hydrogens (tertiary/aromatic N) is 2. The van der Waals surface area contributed by atoms with Gasteiger partial charge in [-0.15, -0.1) is 0 Å². The van der Waals surface area contributed by atoms with E-state index in [1.54, 1.807) is 13.8 Å². The second-order valence-corrected chi connectivity index (χ2v) is 8.09. The Kier molecular flexibility index (Phi) is 7.24. The number of rotatable bonds is 9. The van der Waals surface area contributed by atoms with Crippen LogP contribution in [0.15, 0.2) is 47.4 Å². The van der Waals surface area contributed by atoms with Crippen molar-refractivity contribution in [2.45, 2.75) is 25.3 Å². The molecule has 30 heavy (non-hydrogen) atoms. The molecule has 2 N–H and O–H groups in total. The summed E-state index contributed by atoms with van der Waals surface area (Å²) in [7, 11) is -3.66. The molecule has 0 atom stereocenters. The first kappa shape index (κ1) is 23.0. The number of hydrogen-bond donors (Lipinski definition) is 1. The summed E-state index contributed by atoms with van der Waals surface area (Å²) >= 11 is 0. The highest BCUT2D eigenvalue weighted by Crippen LogP contribution is 2.22. The highest BCUT2D eigenvalue weighted by atomic mass is 32.2. The maximum Gasteiger partial charge on any atom is 0.338 e. The predicted molar refractivity (Wildman–Crippen MR) is 107 cm³/mol. The third kappa shape index (κ3) is 4.99. The molecule has 0 unspecified atom stereocenters. The van der Waals surface area contributed by atoms with Crippen molar-refractivity contribution in [1.82, 2.24) is 4.31 Å². The summed E-state index contributed by atoms with van der Waals surface area (Å²) in [5.74, 6) is -1.60. The van der Waals surface area contributed by atoms with Crippen LogP contribution >= 0.6 is 0 Å². The lowest BCUT2D eigenvalue weighted by atomic mass is 10.1. The molecule has 2 aromatic carbocycles. The Balaban J connectivity index is 2.16. The number of benzene rings is 2. The van der Waals surface area contributed by atoms with Gasteiger partial charge in [-0.1, -0.05) is 13.8 Å². The van der Waals surface area contributed by atoms with Gasteiger partial charge in [-0.25, -0.2) is 13.2 Å². The summed E-state index contributed by atoms with van der Waals surface area (Å²) in [5, 5.41) is 11.2. The largest absolute Gasteiger partial charge is 0.457 e. The molecule has 0 aliphatic rings. The first-order valence-corrected chi connectivity index (χ1v) is 10.4. The smallest absolute Gasteiger partial charge is 0.338 e. The van der Waals surface area contributed by atoms with Gasteiger partial charge in [0.1, 0.15) is 6.61 Å². The Bertz CT molecular complexity index is 1060. The second kappa shape index (κ2) is 9.46. The molecule has 0 fully saturated rings. The lowest BCUT2D eigenvalue weighted by molar-refractivity contribution is -0.385. The lowest BCUT2D eigenvalue weighted by Crippen LogP contribution is -2.30. The molecular weight excluding hydrogens is 414 g/mol. The molecule has 0 saturated carbocycles. The Morgan fingerprint density at radius 1 is 1.07 bits per heavy atom. The van der Waals surface area contributed by atoms with Crippen LogP contribution in [0.5, 0.6) is 0 Å². The number of amides is 1. The number of primary amides is 1. The predicted octanol–water partition coefficient (Wildman–Crippen LogP) is 2.08. The van der Waals surface area contributed by atoms with E-state index in [0.29, 0.717) is 13.1 Å². The number of nitro groups is 1. The van der Waals surface area contributed by atoms with Crippen molar-refractivity contribution in [1.29, 1.82) is 0 Å². The second-order valence-electron chi connectivity index (χ2n) is 6.15. The number of esters is 1. The van der Waals surface area contributed by atoms with Crippen molar-refractivity contribution in [2.24, 2.45) is 5.73 Å². The normalized spacial score (nSPS) is 11.3. The molecule has 2 rings (SSSR count). The van der Waals surface area contributed by atoms with E-state index >= 15 is 0 Å². The maximum absolute atomic E-state index is 12.5. The minimum atomic E-state index is -3.66. The molecule has 10 nitrogen and oxygen atoms in total. The molecule has 0 spiro atoms. The standard InChI is InChI=1S/C19H21N3O7S/c1-3-21(4-2)30(27,28)16-9-7-13(8-10-16)19(24)29-12-15-6-5-14(18(20)23)11-17(15)22(25)26/h5-11H,3-4,12H2,1-2H3,(H2,20,23). The first-order chi connectivity index (χ1) is 14.1. The van der Waals surface area contributed by atoms with Crippen LogP contribution < -0.4 is 5.73 Å². The molecule has 0 heterocycles. The van der Waals surface area contributed by atoms with E-state index in [1.807, 2.05) is 0 Å². The van der Waals surface area contributed by atoms with E-state index < -0.39 is 39.1 Å². The third-order valence-corrected chi connectivity index (χ3v) is 6.42. The van der Waals surface area contributed by atoms with Crippen LogP contribution in [0.1, 0.15) is 40.1 Å². The van der Waals surface area contributed by atoms with E-state index in [0.717, 1.165) is 6.07 Å². The number of ether oxygens (including phenoxy) is 1. The van der Waals surface area contributed by atoms with Gasteiger partial charge < -0.3 is 10.5 Å².